The van der Waals surface area contributed by atoms with Crippen molar-refractivity contribution in [3.05, 3.63) is 53.1 Å². The van der Waals surface area contributed by atoms with Gasteiger partial charge in [-0.3, -0.25) is 4.79 Å². The first-order chi connectivity index (χ1) is 12.9. The van der Waals surface area contributed by atoms with E-state index < -0.39 is 17.5 Å². The van der Waals surface area contributed by atoms with Crippen molar-refractivity contribution in [1.29, 1.82) is 0 Å². The van der Waals surface area contributed by atoms with Crippen LogP contribution in [0.1, 0.15) is 34.7 Å². The fraction of sp³-hybridized carbons (Fsp3) is 0.300. The molecule has 0 radical (unpaired) electrons. The second-order valence-corrected chi connectivity index (χ2v) is 7.14. The number of aromatic amines is 1. The van der Waals surface area contributed by atoms with Crippen molar-refractivity contribution in [2.75, 3.05) is 20.1 Å². The van der Waals surface area contributed by atoms with Gasteiger partial charge in [0.1, 0.15) is 23.0 Å². The van der Waals surface area contributed by atoms with Gasteiger partial charge in [-0.25, -0.2) is 13.8 Å². The third kappa shape index (κ3) is 3.30. The number of carbonyl (C=O) groups is 1. The van der Waals surface area contributed by atoms with Crippen LogP contribution in [0.2, 0.25) is 0 Å². The highest BCUT2D eigenvalue weighted by Gasteiger charge is 2.21. The number of benzene rings is 2. The molecule has 7 heteroatoms. The number of primary amides is 1. The second kappa shape index (κ2) is 6.74. The van der Waals surface area contributed by atoms with Crippen LogP contribution in [-0.4, -0.2) is 40.9 Å². The van der Waals surface area contributed by atoms with Crippen LogP contribution in [0, 0.1) is 11.6 Å². The highest BCUT2D eigenvalue weighted by molar-refractivity contribution is 6.04. The molecule has 1 unspecified atom stereocenters. The van der Waals surface area contributed by atoms with E-state index in [1.54, 1.807) is 12.1 Å². The van der Waals surface area contributed by atoms with E-state index >= 15 is 0 Å². The van der Waals surface area contributed by atoms with Gasteiger partial charge in [0.05, 0.1) is 16.6 Å². The average Bonchev–Trinajstić information content (AvgIpc) is 3.04. The molecule has 140 valence electrons. The van der Waals surface area contributed by atoms with Crippen LogP contribution in [0.4, 0.5) is 8.78 Å². The summed E-state index contributed by atoms with van der Waals surface area (Å²) in [5.74, 6) is -1.25. The van der Waals surface area contributed by atoms with E-state index in [1.807, 2.05) is 6.07 Å². The maximum Gasteiger partial charge on any atom is 0.251 e. The van der Waals surface area contributed by atoms with E-state index in [0.29, 0.717) is 11.4 Å². The Hall–Kier alpha value is -2.80. The average molecular weight is 370 g/mol. The molecule has 3 N–H and O–H groups in total. The van der Waals surface area contributed by atoms with Crippen LogP contribution in [0.5, 0.6) is 0 Å². The summed E-state index contributed by atoms with van der Waals surface area (Å²) in [6, 6.07) is 7.38. The number of nitrogens with zero attached hydrogens (tertiary/aromatic N) is 2. The highest BCUT2D eigenvalue weighted by Crippen LogP contribution is 2.31. The number of imidazole rings is 1. The number of H-pyrrole nitrogens is 1. The largest absolute Gasteiger partial charge is 0.366 e. The monoisotopic (exact) mass is 370 g/mol. The first-order valence-corrected chi connectivity index (χ1v) is 8.90. The van der Waals surface area contributed by atoms with Gasteiger partial charge in [0, 0.05) is 6.54 Å². The van der Waals surface area contributed by atoms with Gasteiger partial charge in [-0.05, 0) is 62.2 Å². The Morgan fingerprint density at radius 3 is 2.81 bits per heavy atom. The van der Waals surface area contributed by atoms with Gasteiger partial charge in [0.15, 0.2) is 0 Å². The summed E-state index contributed by atoms with van der Waals surface area (Å²) in [4.78, 5) is 21.0. The molecule has 2 heterocycles. The number of likely N-dealkylation sites (N-methyl/N-ethyl adjacent to an activating group) is 1. The van der Waals surface area contributed by atoms with Crippen molar-refractivity contribution in [2.24, 2.45) is 5.73 Å². The van der Waals surface area contributed by atoms with E-state index in [1.165, 1.54) is 6.07 Å². The molecule has 1 aliphatic heterocycles. The van der Waals surface area contributed by atoms with Crippen molar-refractivity contribution in [3.8, 4) is 11.4 Å². The number of piperidine rings is 1. The standard InChI is InChI=1S/C20H20F2N4O/c1-26-6-2-3-12(10-26)11-4-5-14(16(22)7-11)20-24-17-9-13(21)8-15(19(23)27)18(17)25-20/h4-5,7-9,12H,2-3,6,10H2,1H3,(H2,23,27)(H,24,25). The van der Waals surface area contributed by atoms with Gasteiger partial charge in [0.2, 0.25) is 0 Å². The molecule has 27 heavy (non-hydrogen) atoms. The number of nitrogens with one attached hydrogen (secondary N) is 1. The molecule has 0 saturated carbocycles. The van der Waals surface area contributed by atoms with Crippen LogP contribution in [0.25, 0.3) is 22.4 Å². The lowest BCUT2D eigenvalue weighted by atomic mass is 9.90. The summed E-state index contributed by atoms with van der Waals surface area (Å²) in [5, 5.41) is 0. The minimum Gasteiger partial charge on any atom is -0.366 e. The van der Waals surface area contributed by atoms with Crippen molar-refractivity contribution >= 4 is 16.9 Å². The van der Waals surface area contributed by atoms with E-state index in [9.17, 15) is 13.6 Å². The molecular weight excluding hydrogens is 350 g/mol. The maximum absolute atomic E-state index is 14.8. The van der Waals surface area contributed by atoms with Crippen LogP contribution in [0.3, 0.4) is 0 Å². The molecule has 3 aromatic rings. The van der Waals surface area contributed by atoms with Crippen LogP contribution in [0.15, 0.2) is 30.3 Å². The third-order valence-corrected chi connectivity index (χ3v) is 5.16. The number of hydrogen-bond acceptors (Lipinski definition) is 3. The third-order valence-electron chi connectivity index (χ3n) is 5.16. The number of carbonyl (C=O) groups excluding carboxylic acids is 1. The molecule has 1 fully saturated rings. The zero-order valence-corrected chi connectivity index (χ0v) is 14.9. The minimum atomic E-state index is -0.783. The van der Waals surface area contributed by atoms with Gasteiger partial charge in [-0.15, -0.1) is 0 Å². The number of halogens is 2. The minimum absolute atomic E-state index is 0.0326. The summed E-state index contributed by atoms with van der Waals surface area (Å²) < 4.78 is 28.5. The summed E-state index contributed by atoms with van der Waals surface area (Å²) in [6.45, 7) is 1.97. The molecule has 0 aliphatic carbocycles. The summed E-state index contributed by atoms with van der Waals surface area (Å²) in [6.07, 6.45) is 2.13. The SMILES string of the molecule is CN1CCCC(c2ccc(-c3nc4c(C(N)=O)cc(F)cc4[nH]3)c(F)c2)C1. The van der Waals surface area contributed by atoms with Crippen molar-refractivity contribution in [2.45, 2.75) is 18.8 Å². The molecule has 1 amide bonds. The topological polar surface area (TPSA) is 75.0 Å². The molecule has 1 saturated heterocycles. The predicted octanol–water partition coefficient (Wildman–Crippen LogP) is 3.42. The Labute approximate surface area is 155 Å². The molecule has 4 rings (SSSR count). The van der Waals surface area contributed by atoms with Gasteiger partial charge in [-0.2, -0.15) is 0 Å². The fourth-order valence-electron chi connectivity index (χ4n) is 3.81. The van der Waals surface area contributed by atoms with Gasteiger partial charge < -0.3 is 15.6 Å². The van der Waals surface area contributed by atoms with Crippen LogP contribution in [-0.2, 0) is 0 Å². The number of rotatable bonds is 3. The Bertz CT molecular complexity index is 1030. The smallest absolute Gasteiger partial charge is 0.251 e. The lowest BCUT2D eigenvalue weighted by molar-refractivity contribution is 0.100. The molecule has 0 spiro atoms. The summed E-state index contributed by atoms with van der Waals surface area (Å²) >= 11 is 0. The van der Waals surface area contributed by atoms with Gasteiger partial charge >= 0.3 is 0 Å². The van der Waals surface area contributed by atoms with Gasteiger partial charge in [-0.1, -0.05) is 6.07 Å². The summed E-state index contributed by atoms with van der Waals surface area (Å²) in [5.41, 5.74) is 7.04. The first-order valence-electron chi connectivity index (χ1n) is 8.90. The number of amides is 1. The van der Waals surface area contributed by atoms with E-state index in [-0.39, 0.29) is 22.5 Å². The normalized spacial score (nSPS) is 18.1. The Kier molecular flexibility index (Phi) is 4.39. The number of nitrogens with two attached hydrogens (primary N) is 1. The molecule has 2 aromatic carbocycles. The van der Waals surface area contributed by atoms with E-state index in [4.69, 9.17) is 5.73 Å². The van der Waals surface area contributed by atoms with Crippen molar-refractivity contribution < 1.29 is 13.6 Å². The Morgan fingerprint density at radius 2 is 2.11 bits per heavy atom. The predicted molar refractivity (Wildman–Crippen MR) is 99.4 cm³/mol. The lowest BCUT2D eigenvalue weighted by Crippen LogP contribution is -2.30. The van der Waals surface area contributed by atoms with Crippen molar-refractivity contribution in [1.82, 2.24) is 14.9 Å². The number of likely N-dealkylation sites (tertiary alicyclic amines) is 1. The van der Waals surface area contributed by atoms with E-state index in [2.05, 4.69) is 21.9 Å². The summed E-state index contributed by atoms with van der Waals surface area (Å²) in [7, 11) is 2.07. The lowest BCUT2D eigenvalue weighted by Gasteiger charge is -2.30. The molecule has 1 aromatic heterocycles. The first kappa shape index (κ1) is 17.6. The maximum atomic E-state index is 14.8. The highest BCUT2D eigenvalue weighted by atomic mass is 19.1. The Morgan fingerprint density at radius 1 is 1.30 bits per heavy atom. The molecule has 1 atom stereocenters. The zero-order chi connectivity index (χ0) is 19.1. The molecule has 5 nitrogen and oxygen atoms in total. The quantitative estimate of drug-likeness (QED) is 0.742. The second-order valence-electron chi connectivity index (χ2n) is 7.14. The number of fused-ring (bicyclic) bond motifs is 1. The van der Waals surface area contributed by atoms with Crippen molar-refractivity contribution in [3.63, 3.8) is 0 Å². The molecule has 1 aliphatic rings. The molecular formula is C20H20F2N4O. The van der Waals surface area contributed by atoms with Crippen LogP contribution < -0.4 is 5.73 Å². The van der Waals surface area contributed by atoms with Gasteiger partial charge in [0.25, 0.3) is 5.91 Å². The van der Waals surface area contributed by atoms with E-state index in [0.717, 1.165) is 37.6 Å². The Balaban J connectivity index is 1.73. The fourth-order valence-corrected chi connectivity index (χ4v) is 3.81. The van der Waals surface area contributed by atoms with Crippen LogP contribution >= 0.6 is 0 Å². The number of aromatic nitrogens is 2. The zero-order valence-electron chi connectivity index (χ0n) is 14.9. The molecule has 0 bridgehead atoms. The number of hydrogen-bond donors (Lipinski definition) is 2.